The van der Waals surface area contributed by atoms with Crippen LogP contribution in [0.4, 0.5) is 5.69 Å². The summed E-state index contributed by atoms with van der Waals surface area (Å²) in [5.41, 5.74) is 2.00. The fourth-order valence-corrected chi connectivity index (χ4v) is 3.11. The van der Waals surface area contributed by atoms with Crippen LogP contribution in [0.15, 0.2) is 42.5 Å². The van der Waals surface area contributed by atoms with Crippen LogP contribution in [-0.2, 0) is 4.74 Å². The fraction of sp³-hybridized carbons (Fsp3) is 0.158. The topological polar surface area (TPSA) is 91.4 Å². The number of fused-ring (bicyclic) bond motifs is 1. The molecule has 0 amide bonds. The number of esters is 1. The van der Waals surface area contributed by atoms with Crippen LogP contribution in [0, 0.1) is 24.0 Å². The van der Waals surface area contributed by atoms with Gasteiger partial charge in [-0.15, -0.1) is 0 Å². The van der Waals surface area contributed by atoms with Crippen LogP contribution >= 0.6 is 0 Å². The quantitative estimate of drug-likeness (QED) is 0.408. The molecule has 1 heterocycles. The van der Waals surface area contributed by atoms with Crippen molar-refractivity contribution in [1.29, 1.82) is 0 Å². The van der Waals surface area contributed by atoms with Crippen molar-refractivity contribution in [2.45, 2.75) is 13.8 Å². The van der Waals surface area contributed by atoms with E-state index >= 15 is 0 Å². The number of aryl methyl sites for hydroxylation is 1. The number of methoxy groups -OCH3 is 1. The zero-order valence-corrected chi connectivity index (χ0v) is 14.5. The van der Waals surface area contributed by atoms with Gasteiger partial charge in [-0.2, -0.15) is 0 Å². The molecule has 7 heteroatoms. The minimum Gasteiger partial charge on any atom is -0.465 e. The maximum Gasteiger partial charge on any atom is 0.340 e. The standard InChI is InChI=1S/C19H16N2O5/c1-11-10-13(8-9-15(11)21(24)25)18(22)20-12(2)17(19(23)26-3)14-6-4-5-7-16(14)20/h4-10H,1-3H3. The number of para-hydroxylation sites is 1. The highest BCUT2D eigenvalue weighted by molar-refractivity contribution is 6.11. The molecule has 0 unspecified atom stereocenters. The van der Waals surface area contributed by atoms with Gasteiger partial charge in [-0.25, -0.2) is 4.79 Å². The molecular formula is C19H16N2O5. The number of aromatic nitrogens is 1. The Labute approximate surface area is 149 Å². The fourth-order valence-electron chi connectivity index (χ4n) is 3.11. The monoisotopic (exact) mass is 352 g/mol. The molecule has 0 aliphatic carbocycles. The molecule has 0 saturated heterocycles. The van der Waals surface area contributed by atoms with Gasteiger partial charge in [0.2, 0.25) is 0 Å². The van der Waals surface area contributed by atoms with Gasteiger partial charge < -0.3 is 4.74 Å². The molecular weight excluding hydrogens is 336 g/mol. The summed E-state index contributed by atoms with van der Waals surface area (Å²) in [5.74, 6) is -0.892. The van der Waals surface area contributed by atoms with E-state index in [2.05, 4.69) is 0 Å². The van der Waals surface area contributed by atoms with Crippen molar-refractivity contribution in [2.75, 3.05) is 7.11 Å². The van der Waals surface area contributed by atoms with Crippen LogP contribution in [0.25, 0.3) is 10.9 Å². The van der Waals surface area contributed by atoms with Gasteiger partial charge in [-0.1, -0.05) is 18.2 Å². The third-order valence-corrected chi connectivity index (χ3v) is 4.34. The largest absolute Gasteiger partial charge is 0.465 e. The van der Waals surface area contributed by atoms with Gasteiger partial charge in [-0.05, 0) is 32.0 Å². The average Bonchev–Trinajstić information content (AvgIpc) is 2.91. The van der Waals surface area contributed by atoms with Crippen molar-refractivity contribution < 1.29 is 19.2 Å². The zero-order valence-electron chi connectivity index (χ0n) is 14.5. The number of benzene rings is 2. The van der Waals surface area contributed by atoms with Crippen LogP contribution in [0.5, 0.6) is 0 Å². The van der Waals surface area contributed by atoms with Crippen LogP contribution in [-0.4, -0.2) is 28.5 Å². The van der Waals surface area contributed by atoms with E-state index in [1.807, 2.05) is 0 Å². The third-order valence-electron chi connectivity index (χ3n) is 4.34. The van der Waals surface area contributed by atoms with Gasteiger partial charge in [0.15, 0.2) is 0 Å². The van der Waals surface area contributed by atoms with Crippen LogP contribution in [0.3, 0.4) is 0 Å². The maximum atomic E-state index is 13.1. The molecule has 1 aromatic heterocycles. The van der Waals surface area contributed by atoms with E-state index in [4.69, 9.17) is 4.74 Å². The minimum atomic E-state index is -0.523. The van der Waals surface area contributed by atoms with Gasteiger partial charge >= 0.3 is 5.97 Å². The number of ether oxygens (including phenoxy) is 1. The lowest BCUT2D eigenvalue weighted by Gasteiger charge is -2.08. The molecule has 0 spiro atoms. The molecule has 0 bridgehead atoms. The molecule has 3 aromatic rings. The number of nitrogens with zero attached hydrogens (tertiary/aromatic N) is 2. The third kappa shape index (κ3) is 2.63. The van der Waals surface area contributed by atoms with Gasteiger partial charge in [-0.3, -0.25) is 19.5 Å². The van der Waals surface area contributed by atoms with E-state index < -0.39 is 10.9 Å². The van der Waals surface area contributed by atoms with Gasteiger partial charge in [0.05, 0.1) is 23.1 Å². The van der Waals surface area contributed by atoms with Crippen molar-refractivity contribution in [3.8, 4) is 0 Å². The Morgan fingerprint density at radius 3 is 2.42 bits per heavy atom. The second kappa shape index (κ2) is 6.44. The number of rotatable bonds is 3. The first kappa shape index (κ1) is 17.3. The van der Waals surface area contributed by atoms with E-state index in [-0.39, 0.29) is 11.6 Å². The minimum absolute atomic E-state index is 0.0501. The summed E-state index contributed by atoms with van der Waals surface area (Å²) in [6, 6.07) is 11.2. The van der Waals surface area contributed by atoms with Crippen molar-refractivity contribution in [1.82, 2.24) is 4.57 Å². The summed E-state index contributed by atoms with van der Waals surface area (Å²) in [4.78, 5) is 35.7. The number of nitro benzene ring substituents is 1. The van der Waals surface area contributed by atoms with Gasteiger partial charge in [0.25, 0.3) is 11.6 Å². The molecule has 0 aliphatic heterocycles. The molecule has 0 N–H and O–H groups in total. The summed E-state index contributed by atoms with van der Waals surface area (Å²) < 4.78 is 6.28. The Kier molecular flexibility index (Phi) is 4.29. The van der Waals surface area contributed by atoms with Crippen molar-refractivity contribution >= 4 is 28.5 Å². The lowest BCUT2D eigenvalue weighted by atomic mass is 10.1. The van der Waals surface area contributed by atoms with Crippen LogP contribution in [0.2, 0.25) is 0 Å². The number of carbonyl (C=O) groups is 2. The molecule has 0 saturated carbocycles. The van der Waals surface area contributed by atoms with Crippen molar-refractivity contribution in [3.05, 3.63) is 75.0 Å². The summed E-state index contributed by atoms with van der Waals surface area (Å²) in [6.07, 6.45) is 0. The molecule has 3 rings (SSSR count). The molecule has 0 radical (unpaired) electrons. The van der Waals surface area contributed by atoms with Crippen molar-refractivity contribution in [3.63, 3.8) is 0 Å². The van der Waals surface area contributed by atoms with Gasteiger partial charge in [0, 0.05) is 28.3 Å². The summed E-state index contributed by atoms with van der Waals surface area (Å²) >= 11 is 0. The van der Waals surface area contributed by atoms with E-state index in [9.17, 15) is 19.7 Å². The van der Waals surface area contributed by atoms with E-state index in [0.29, 0.717) is 33.3 Å². The van der Waals surface area contributed by atoms with Gasteiger partial charge in [0.1, 0.15) is 0 Å². The second-order valence-electron chi connectivity index (χ2n) is 5.87. The summed E-state index contributed by atoms with van der Waals surface area (Å²) in [7, 11) is 1.29. The summed E-state index contributed by atoms with van der Waals surface area (Å²) in [6.45, 7) is 3.25. The highest BCUT2D eigenvalue weighted by Crippen LogP contribution is 2.28. The highest BCUT2D eigenvalue weighted by Gasteiger charge is 2.24. The van der Waals surface area contributed by atoms with Crippen LogP contribution < -0.4 is 0 Å². The Hall–Kier alpha value is -3.48. The number of hydrogen-bond donors (Lipinski definition) is 0. The predicted molar refractivity (Wildman–Crippen MR) is 95.6 cm³/mol. The summed E-state index contributed by atoms with van der Waals surface area (Å²) in [5, 5.41) is 11.6. The first-order chi connectivity index (χ1) is 12.4. The molecule has 0 aliphatic rings. The van der Waals surface area contributed by atoms with E-state index in [1.165, 1.54) is 29.9 Å². The molecule has 0 fully saturated rings. The van der Waals surface area contributed by atoms with E-state index in [1.54, 1.807) is 38.1 Å². The van der Waals surface area contributed by atoms with Crippen molar-refractivity contribution in [2.24, 2.45) is 0 Å². The lowest BCUT2D eigenvalue weighted by molar-refractivity contribution is -0.385. The lowest BCUT2D eigenvalue weighted by Crippen LogP contribution is -2.15. The number of hydrogen-bond acceptors (Lipinski definition) is 5. The Morgan fingerprint density at radius 2 is 1.81 bits per heavy atom. The highest BCUT2D eigenvalue weighted by atomic mass is 16.6. The van der Waals surface area contributed by atoms with Crippen LogP contribution in [0.1, 0.15) is 32.0 Å². The van der Waals surface area contributed by atoms with E-state index in [0.717, 1.165) is 0 Å². The Morgan fingerprint density at radius 1 is 1.12 bits per heavy atom. The molecule has 7 nitrogen and oxygen atoms in total. The SMILES string of the molecule is COC(=O)c1c(C)n(C(=O)c2ccc([N+](=O)[O-])c(C)c2)c2ccccc12. The number of nitro groups is 1. The molecule has 2 aromatic carbocycles. The molecule has 132 valence electrons. The Balaban J connectivity index is 2.21. The molecule has 0 atom stereocenters. The average molecular weight is 352 g/mol. The second-order valence-corrected chi connectivity index (χ2v) is 5.87. The molecule has 26 heavy (non-hydrogen) atoms. The maximum absolute atomic E-state index is 13.1. The first-order valence-electron chi connectivity index (χ1n) is 7.85. The number of carbonyl (C=O) groups excluding carboxylic acids is 2. The normalized spacial score (nSPS) is 10.7. The zero-order chi connectivity index (χ0) is 19.0. The first-order valence-corrected chi connectivity index (χ1v) is 7.85. The predicted octanol–water partition coefficient (Wildman–Crippen LogP) is 3.64. The Bertz CT molecular complexity index is 1070. The smallest absolute Gasteiger partial charge is 0.340 e.